The number of benzene rings is 2. The number of ether oxygens (including phenoxy) is 2. The molecule has 21 heavy (non-hydrogen) atoms. The average molecular weight is 349 g/mol. The molecular formula is C18H21BrO2. The maximum atomic E-state index is 5.68. The minimum atomic E-state index is 0.170. The van der Waals surface area contributed by atoms with Gasteiger partial charge in [-0.2, -0.15) is 0 Å². The summed E-state index contributed by atoms with van der Waals surface area (Å²) in [6.07, 6.45) is 0. The first-order chi connectivity index (χ1) is 9.95. The van der Waals surface area contributed by atoms with Crippen LogP contribution in [0.4, 0.5) is 0 Å². The molecule has 0 aliphatic rings. The van der Waals surface area contributed by atoms with Gasteiger partial charge >= 0.3 is 0 Å². The summed E-state index contributed by atoms with van der Waals surface area (Å²) in [4.78, 5) is 0. The summed E-state index contributed by atoms with van der Waals surface area (Å²) >= 11 is 3.40. The van der Waals surface area contributed by atoms with Crippen molar-refractivity contribution in [3.8, 4) is 11.5 Å². The van der Waals surface area contributed by atoms with Crippen LogP contribution in [0.5, 0.6) is 11.5 Å². The van der Waals surface area contributed by atoms with Crippen LogP contribution in [-0.4, -0.2) is 13.2 Å². The van der Waals surface area contributed by atoms with E-state index in [4.69, 9.17) is 9.47 Å². The van der Waals surface area contributed by atoms with Crippen molar-refractivity contribution in [1.29, 1.82) is 0 Å². The highest BCUT2D eigenvalue weighted by Crippen LogP contribution is 2.24. The van der Waals surface area contributed by atoms with E-state index >= 15 is 0 Å². The summed E-state index contributed by atoms with van der Waals surface area (Å²) in [7, 11) is 0. The number of halogens is 1. The van der Waals surface area contributed by atoms with Crippen molar-refractivity contribution in [2.45, 2.75) is 26.2 Å². The molecule has 0 saturated heterocycles. The zero-order valence-corrected chi connectivity index (χ0v) is 14.3. The molecule has 0 bridgehead atoms. The third kappa shape index (κ3) is 5.09. The lowest BCUT2D eigenvalue weighted by Gasteiger charge is -2.19. The summed E-state index contributed by atoms with van der Waals surface area (Å²) in [6.45, 7) is 7.67. The van der Waals surface area contributed by atoms with Crippen molar-refractivity contribution >= 4 is 15.9 Å². The van der Waals surface area contributed by atoms with E-state index < -0.39 is 0 Å². The van der Waals surface area contributed by atoms with Gasteiger partial charge in [0.25, 0.3) is 0 Å². The molecule has 3 heteroatoms. The summed E-state index contributed by atoms with van der Waals surface area (Å²) in [5.41, 5.74) is 1.48. The van der Waals surface area contributed by atoms with Crippen molar-refractivity contribution in [3.63, 3.8) is 0 Å². The van der Waals surface area contributed by atoms with Crippen LogP contribution in [0, 0.1) is 0 Å². The van der Waals surface area contributed by atoms with Crippen LogP contribution < -0.4 is 9.47 Å². The highest BCUT2D eigenvalue weighted by Gasteiger charge is 2.12. The molecule has 2 aromatic rings. The molecule has 2 nitrogen and oxygen atoms in total. The molecule has 0 unspecified atom stereocenters. The van der Waals surface area contributed by atoms with Crippen LogP contribution in [0.1, 0.15) is 26.3 Å². The first-order valence-corrected chi connectivity index (χ1v) is 7.86. The molecule has 0 aliphatic carbocycles. The lowest BCUT2D eigenvalue weighted by Crippen LogP contribution is -2.11. The van der Waals surface area contributed by atoms with E-state index in [-0.39, 0.29) is 5.41 Å². The van der Waals surface area contributed by atoms with Gasteiger partial charge in [-0.1, -0.05) is 48.8 Å². The highest BCUT2D eigenvalue weighted by molar-refractivity contribution is 9.10. The van der Waals surface area contributed by atoms with Gasteiger partial charge in [0.2, 0.25) is 0 Å². The Balaban J connectivity index is 1.77. The van der Waals surface area contributed by atoms with E-state index in [1.165, 1.54) is 5.56 Å². The fraction of sp³-hybridized carbons (Fsp3) is 0.333. The molecule has 0 fully saturated rings. The summed E-state index contributed by atoms with van der Waals surface area (Å²) in [6, 6.07) is 16.0. The quantitative estimate of drug-likeness (QED) is 0.691. The van der Waals surface area contributed by atoms with E-state index in [2.05, 4.69) is 48.8 Å². The van der Waals surface area contributed by atoms with Gasteiger partial charge in [0.15, 0.2) is 0 Å². The van der Waals surface area contributed by atoms with Gasteiger partial charge in [0.1, 0.15) is 24.7 Å². The Labute approximate surface area is 135 Å². The number of rotatable bonds is 5. The maximum absolute atomic E-state index is 5.68. The molecule has 2 rings (SSSR count). The Bertz CT molecular complexity index is 553. The topological polar surface area (TPSA) is 18.5 Å². The molecule has 0 N–H and O–H groups in total. The standard InChI is InChI=1S/C18H21BrO2/c1-18(2,3)14-4-8-16(9-5-14)20-12-13-21-17-10-6-15(19)7-11-17/h4-11H,12-13H2,1-3H3. The van der Waals surface area contributed by atoms with Gasteiger partial charge in [-0.3, -0.25) is 0 Å². The first kappa shape index (κ1) is 15.9. The smallest absolute Gasteiger partial charge is 0.122 e. The van der Waals surface area contributed by atoms with Gasteiger partial charge in [-0.25, -0.2) is 0 Å². The summed E-state index contributed by atoms with van der Waals surface area (Å²) in [5.74, 6) is 1.73. The Kier molecular flexibility index (Phi) is 5.29. The fourth-order valence-electron chi connectivity index (χ4n) is 1.90. The van der Waals surface area contributed by atoms with Gasteiger partial charge in [-0.05, 0) is 47.4 Å². The van der Waals surface area contributed by atoms with Gasteiger partial charge in [0, 0.05) is 4.47 Å². The minimum absolute atomic E-state index is 0.170. The van der Waals surface area contributed by atoms with Crippen molar-refractivity contribution in [2.24, 2.45) is 0 Å². The van der Waals surface area contributed by atoms with Crippen LogP contribution in [-0.2, 0) is 5.41 Å². The Morgan fingerprint density at radius 2 is 1.19 bits per heavy atom. The van der Waals surface area contributed by atoms with E-state index in [0.29, 0.717) is 13.2 Å². The monoisotopic (exact) mass is 348 g/mol. The molecular weight excluding hydrogens is 328 g/mol. The summed E-state index contributed by atoms with van der Waals surface area (Å²) in [5, 5.41) is 0. The SMILES string of the molecule is CC(C)(C)c1ccc(OCCOc2ccc(Br)cc2)cc1. The van der Waals surface area contributed by atoms with Gasteiger partial charge in [-0.15, -0.1) is 0 Å². The van der Waals surface area contributed by atoms with Crippen molar-refractivity contribution in [3.05, 3.63) is 58.6 Å². The third-order valence-corrected chi connectivity index (χ3v) is 3.68. The molecule has 0 amide bonds. The normalized spacial score (nSPS) is 11.2. The molecule has 0 radical (unpaired) electrons. The highest BCUT2D eigenvalue weighted by atomic mass is 79.9. The zero-order chi connectivity index (χ0) is 15.3. The molecule has 0 atom stereocenters. The molecule has 0 saturated carbocycles. The molecule has 0 aromatic heterocycles. The third-order valence-electron chi connectivity index (χ3n) is 3.15. The van der Waals surface area contributed by atoms with Crippen molar-refractivity contribution < 1.29 is 9.47 Å². The van der Waals surface area contributed by atoms with Crippen LogP contribution in [0.25, 0.3) is 0 Å². The molecule has 2 aromatic carbocycles. The first-order valence-electron chi connectivity index (χ1n) is 7.07. The molecule has 0 aliphatic heterocycles. The fourth-order valence-corrected chi connectivity index (χ4v) is 2.17. The Morgan fingerprint density at radius 1 is 0.762 bits per heavy atom. The summed E-state index contributed by atoms with van der Waals surface area (Å²) < 4.78 is 12.3. The largest absolute Gasteiger partial charge is 0.490 e. The van der Waals surface area contributed by atoms with E-state index in [9.17, 15) is 0 Å². The Hall–Kier alpha value is -1.48. The van der Waals surface area contributed by atoms with Gasteiger partial charge < -0.3 is 9.47 Å². The lowest BCUT2D eigenvalue weighted by atomic mass is 9.87. The van der Waals surface area contributed by atoms with Crippen molar-refractivity contribution in [1.82, 2.24) is 0 Å². The predicted molar refractivity (Wildman–Crippen MR) is 90.3 cm³/mol. The van der Waals surface area contributed by atoms with Crippen LogP contribution >= 0.6 is 15.9 Å². The second kappa shape index (κ2) is 6.99. The van der Waals surface area contributed by atoms with E-state index in [0.717, 1.165) is 16.0 Å². The van der Waals surface area contributed by atoms with Crippen LogP contribution in [0.15, 0.2) is 53.0 Å². The van der Waals surface area contributed by atoms with Crippen LogP contribution in [0.2, 0.25) is 0 Å². The van der Waals surface area contributed by atoms with E-state index in [1.807, 2.05) is 36.4 Å². The minimum Gasteiger partial charge on any atom is -0.490 e. The average Bonchev–Trinajstić information content (AvgIpc) is 2.45. The predicted octanol–water partition coefficient (Wildman–Crippen LogP) is 5.20. The Morgan fingerprint density at radius 3 is 1.62 bits per heavy atom. The number of hydrogen-bond acceptors (Lipinski definition) is 2. The number of hydrogen-bond donors (Lipinski definition) is 0. The molecule has 0 spiro atoms. The second-order valence-electron chi connectivity index (χ2n) is 5.93. The van der Waals surface area contributed by atoms with Crippen LogP contribution in [0.3, 0.4) is 0 Å². The lowest BCUT2D eigenvalue weighted by molar-refractivity contribution is 0.217. The van der Waals surface area contributed by atoms with Gasteiger partial charge in [0.05, 0.1) is 0 Å². The maximum Gasteiger partial charge on any atom is 0.122 e. The molecule has 0 heterocycles. The van der Waals surface area contributed by atoms with E-state index in [1.54, 1.807) is 0 Å². The zero-order valence-electron chi connectivity index (χ0n) is 12.7. The van der Waals surface area contributed by atoms with Crippen molar-refractivity contribution in [2.75, 3.05) is 13.2 Å². The molecule has 112 valence electrons. The second-order valence-corrected chi connectivity index (χ2v) is 6.84.